The van der Waals surface area contributed by atoms with Gasteiger partial charge < -0.3 is 10.6 Å². The van der Waals surface area contributed by atoms with E-state index in [1.165, 1.54) is 0 Å². The molecule has 0 spiro atoms. The Labute approximate surface area is 157 Å². The molecule has 0 bridgehead atoms. The van der Waals surface area contributed by atoms with Gasteiger partial charge in [0.2, 0.25) is 5.95 Å². The molecule has 27 heavy (non-hydrogen) atoms. The third-order valence-electron chi connectivity index (χ3n) is 4.03. The molecule has 1 unspecified atom stereocenters. The lowest BCUT2D eigenvalue weighted by atomic mass is 10.1. The summed E-state index contributed by atoms with van der Waals surface area (Å²) in [4.78, 5) is 21.2. The van der Waals surface area contributed by atoms with E-state index in [2.05, 4.69) is 26.7 Å². The van der Waals surface area contributed by atoms with Gasteiger partial charge >= 0.3 is 0 Å². The van der Waals surface area contributed by atoms with Crippen LogP contribution in [0.15, 0.2) is 60.7 Å². The van der Waals surface area contributed by atoms with Crippen LogP contribution in [0.5, 0.6) is 0 Å². The van der Waals surface area contributed by atoms with Crippen LogP contribution in [-0.4, -0.2) is 15.9 Å². The zero-order valence-corrected chi connectivity index (χ0v) is 15.1. The Balaban J connectivity index is 1.80. The molecule has 0 aliphatic heterocycles. The fourth-order valence-corrected chi connectivity index (χ4v) is 2.65. The quantitative estimate of drug-likeness (QED) is 0.723. The van der Waals surface area contributed by atoms with Crippen molar-refractivity contribution in [3.05, 3.63) is 83.2 Å². The molecule has 1 aromatic heterocycles. The van der Waals surface area contributed by atoms with Gasteiger partial charge in [-0.3, -0.25) is 4.79 Å². The van der Waals surface area contributed by atoms with Crippen LogP contribution < -0.4 is 10.6 Å². The van der Waals surface area contributed by atoms with E-state index in [9.17, 15) is 10.1 Å². The number of benzene rings is 2. The molecule has 0 fully saturated rings. The van der Waals surface area contributed by atoms with Crippen molar-refractivity contribution < 1.29 is 4.79 Å². The Bertz CT molecular complexity index is 995. The van der Waals surface area contributed by atoms with Crippen molar-refractivity contribution in [3.8, 4) is 6.07 Å². The summed E-state index contributed by atoms with van der Waals surface area (Å²) in [5.74, 6) is -0.0105. The summed E-state index contributed by atoms with van der Waals surface area (Å²) in [5, 5.41) is 15.2. The number of carbonyl (C=O) groups is 1. The molecule has 3 rings (SSSR count). The molecule has 6 nitrogen and oxygen atoms in total. The van der Waals surface area contributed by atoms with Crippen LogP contribution >= 0.6 is 0 Å². The number of aromatic nitrogens is 2. The van der Waals surface area contributed by atoms with Gasteiger partial charge in [-0.2, -0.15) is 5.26 Å². The van der Waals surface area contributed by atoms with E-state index in [4.69, 9.17) is 0 Å². The van der Waals surface area contributed by atoms with Gasteiger partial charge in [-0.1, -0.05) is 42.5 Å². The average molecular weight is 357 g/mol. The maximum atomic E-state index is 12.6. The first-order valence-electron chi connectivity index (χ1n) is 8.54. The van der Waals surface area contributed by atoms with Crippen molar-refractivity contribution in [1.29, 1.82) is 5.26 Å². The predicted molar refractivity (Wildman–Crippen MR) is 104 cm³/mol. The Morgan fingerprint density at radius 2 is 1.78 bits per heavy atom. The lowest BCUT2D eigenvalue weighted by molar-refractivity contribution is 0.0934. The number of nitriles is 1. The van der Waals surface area contributed by atoms with Gasteiger partial charge in [0.25, 0.3) is 5.91 Å². The average Bonchev–Trinajstić information content (AvgIpc) is 2.68. The number of hydrogen-bond donors (Lipinski definition) is 2. The summed E-state index contributed by atoms with van der Waals surface area (Å²) in [6.45, 7) is 3.71. The van der Waals surface area contributed by atoms with Crippen LogP contribution in [0.25, 0.3) is 0 Å². The number of hydrogen-bond acceptors (Lipinski definition) is 5. The highest BCUT2D eigenvalue weighted by atomic mass is 16.1. The lowest BCUT2D eigenvalue weighted by Gasteiger charge is -2.15. The maximum Gasteiger partial charge on any atom is 0.270 e. The van der Waals surface area contributed by atoms with Crippen LogP contribution in [0.4, 0.5) is 11.6 Å². The Hall–Kier alpha value is -3.72. The van der Waals surface area contributed by atoms with E-state index in [0.717, 1.165) is 5.56 Å². The van der Waals surface area contributed by atoms with Gasteiger partial charge in [0, 0.05) is 5.69 Å². The molecule has 0 radical (unpaired) electrons. The topological polar surface area (TPSA) is 90.7 Å². The fourth-order valence-electron chi connectivity index (χ4n) is 2.65. The Morgan fingerprint density at radius 1 is 1.07 bits per heavy atom. The minimum Gasteiger partial charge on any atom is -0.344 e. The Morgan fingerprint density at radius 3 is 2.52 bits per heavy atom. The molecule has 6 heteroatoms. The van der Waals surface area contributed by atoms with Crippen LogP contribution in [-0.2, 0) is 0 Å². The molecule has 1 amide bonds. The van der Waals surface area contributed by atoms with Crippen LogP contribution in [0.2, 0.25) is 0 Å². The van der Waals surface area contributed by atoms with Crippen molar-refractivity contribution in [1.82, 2.24) is 15.3 Å². The van der Waals surface area contributed by atoms with Gasteiger partial charge in [0.1, 0.15) is 11.8 Å². The summed E-state index contributed by atoms with van der Waals surface area (Å²) in [6.07, 6.45) is 0. The number of nitrogens with zero attached hydrogens (tertiary/aromatic N) is 3. The largest absolute Gasteiger partial charge is 0.344 e. The van der Waals surface area contributed by atoms with E-state index in [0.29, 0.717) is 16.9 Å². The standard InChI is InChI=1S/C21H19N5O/c1-14-12-19(20(27)24-15(2)16-8-4-3-5-9-16)26-21(23-14)25-18-11-7-6-10-17(18)13-22/h3-12,15H,1-2H3,(H,24,27)(H,23,25,26). The highest BCUT2D eigenvalue weighted by Gasteiger charge is 2.15. The summed E-state index contributed by atoms with van der Waals surface area (Å²) in [5.41, 5.74) is 3.00. The summed E-state index contributed by atoms with van der Waals surface area (Å²) >= 11 is 0. The molecule has 1 atom stereocenters. The lowest BCUT2D eigenvalue weighted by Crippen LogP contribution is -2.27. The number of nitrogens with one attached hydrogen (secondary N) is 2. The smallest absolute Gasteiger partial charge is 0.270 e. The summed E-state index contributed by atoms with van der Waals surface area (Å²) < 4.78 is 0. The zero-order valence-electron chi connectivity index (χ0n) is 15.1. The SMILES string of the molecule is Cc1cc(C(=O)NC(C)c2ccccc2)nc(Nc2ccccc2C#N)n1. The van der Waals surface area contributed by atoms with Crippen LogP contribution in [0, 0.1) is 18.3 Å². The summed E-state index contributed by atoms with van der Waals surface area (Å²) in [7, 11) is 0. The number of aryl methyl sites for hydroxylation is 1. The molecular weight excluding hydrogens is 338 g/mol. The van der Waals surface area contributed by atoms with E-state index < -0.39 is 0 Å². The maximum absolute atomic E-state index is 12.6. The second-order valence-corrected chi connectivity index (χ2v) is 6.11. The minimum absolute atomic E-state index is 0.148. The molecule has 0 aliphatic carbocycles. The predicted octanol–water partition coefficient (Wildman–Crippen LogP) is 3.89. The van der Waals surface area contributed by atoms with Gasteiger partial charge in [-0.25, -0.2) is 9.97 Å². The summed E-state index contributed by atoms with van der Waals surface area (Å²) in [6, 6.07) is 20.4. The molecule has 2 aromatic carbocycles. The van der Waals surface area contributed by atoms with Crippen molar-refractivity contribution >= 4 is 17.5 Å². The molecule has 0 saturated carbocycles. The van der Waals surface area contributed by atoms with Gasteiger partial charge in [-0.15, -0.1) is 0 Å². The van der Waals surface area contributed by atoms with E-state index >= 15 is 0 Å². The molecule has 2 N–H and O–H groups in total. The van der Waals surface area contributed by atoms with E-state index in [1.54, 1.807) is 31.2 Å². The number of carbonyl (C=O) groups excluding carboxylic acids is 1. The first kappa shape index (κ1) is 18.1. The number of anilines is 2. The third-order valence-corrected chi connectivity index (χ3v) is 4.03. The Kier molecular flexibility index (Phi) is 5.43. The third kappa shape index (κ3) is 4.47. The van der Waals surface area contributed by atoms with Gasteiger partial charge in [-0.05, 0) is 37.6 Å². The van der Waals surface area contributed by atoms with E-state index in [-0.39, 0.29) is 23.6 Å². The van der Waals surface area contributed by atoms with Crippen molar-refractivity contribution in [3.63, 3.8) is 0 Å². The van der Waals surface area contributed by atoms with Crippen LogP contribution in [0.1, 0.15) is 40.3 Å². The molecule has 0 saturated heterocycles. The fraction of sp³-hybridized carbons (Fsp3) is 0.143. The van der Waals surface area contributed by atoms with Crippen molar-refractivity contribution in [2.45, 2.75) is 19.9 Å². The minimum atomic E-state index is -0.284. The monoisotopic (exact) mass is 357 g/mol. The van der Waals surface area contributed by atoms with Gasteiger partial charge in [0.05, 0.1) is 17.3 Å². The number of rotatable bonds is 5. The van der Waals surface area contributed by atoms with E-state index in [1.807, 2.05) is 43.3 Å². The second-order valence-electron chi connectivity index (χ2n) is 6.11. The van der Waals surface area contributed by atoms with Crippen molar-refractivity contribution in [2.24, 2.45) is 0 Å². The van der Waals surface area contributed by atoms with Crippen molar-refractivity contribution in [2.75, 3.05) is 5.32 Å². The van der Waals surface area contributed by atoms with Gasteiger partial charge in [0.15, 0.2) is 0 Å². The number of amides is 1. The first-order chi connectivity index (χ1) is 13.1. The van der Waals surface area contributed by atoms with Crippen LogP contribution in [0.3, 0.4) is 0 Å². The highest BCUT2D eigenvalue weighted by molar-refractivity contribution is 5.93. The first-order valence-corrected chi connectivity index (χ1v) is 8.54. The molecule has 3 aromatic rings. The molecule has 134 valence electrons. The normalized spacial score (nSPS) is 11.3. The molecule has 1 heterocycles. The zero-order chi connectivity index (χ0) is 19.2. The molecule has 0 aliphatic rings. The molecular formula is C21H19N5O. The second kappa shape index (κ2) is 8.11. The highest BCUT2D eigenvalue weighted by Crippen LogP contribution is 2.19. The number of para-hydroxylation sites is 1.